The van der Waals surface area contributed by atoms with Gasteiger partial charge in [0.15, 0.2) is 0 Å². The Morgan fingerprint density at radius 2 is 1.77 bits per heavy atom. The minimum atomic E-state index is -0.239. The largest absolute Gasteiger partial charge is 0.469 e. The molecule has 0 bridgehead atoms. The standard InChI is InChI=1S/C10H18O3/c1-7(2)9(11)6-5-8(3)10(12)13-4/h7-8H,5-6H2,1-4H3. The molecule has 0 saturated heterocycles. The molecular weight excluding hydrogens is 168 g/mol. The van der Waals surface area contributed by atoms with Gasteiger partial charge in [0, 0.05) is 12.3 Å². The molecule has 0 aromatic heterocycles. The summed E-state index contributed by atoms with van der Waals surface area (Å²) >= 11 is 0. The van der Waals surface area contributed by atoms with Gasteiger partial charge in [-0.1, -0.05) is 20.8 Å². The Morgan fingerprint density at radius 3 is 2.15 bits per heavy atom. The van der Waals surface area contributed by atoms with Crippen molar-refractivity contribution in [3.63, 3.8) is 0 Å². The minimum Gasteiger partial charge on any atom is -0.469 e. The number of hydrogen-bond acceptors (Lipinski definition) is 3. The van der Waals surface area contributed by atoms with Gasteiger partial charge in [-0.15, -0.1) is 0 Å². The molecule has 0 aliphatic carbocycles. The molecule has 3 nitrogen and oxygen atoms in total. The third kappa shape index (κ3) is 4.65. The van der Waals surface area contributed by atoms with Gasteiger partial charge < -0.3 is 4.74 Å². The molecule has 0 amide bonds. The fraction of sp³-hybridized carbons (Fsp3) is 0.800. The zero-order chi connectivity index (χ0) is 10.4. The second-order valence-electron chi connectivity index (χ2n) is 3.58. The molecule has 0 aromatic rings. The van der Waals surface area contributed by atoms with E-state index in [9.17, 15) is 9.59 Å². The van der Waals surface area contributed by atoms with Crippen LogP contribution in [0.4, 0.5) is 0 Å². The maximum Gasteiger partial charge on any atom is 0.308 e. The minimum absolute atomic E-state index is 0.0600. The zero-order valence-corrected chi connectivity index (χ0v) is 8.79. The van der Waals surface area contributed by atoms with Crippen molar-refractivity contribution in [2.75, 3.05) is 7.11 Å². The van der Waals surface area contributed by atoms with Crippen LogP contribution in [0.25, 0.3) is 0 Å². The number of methoxy groups -OCH3 is 1. The van der Waals surface area contributed by atoms with E-state index < -0.39 is 0 Å². The molecule has 0 radical (unpaired) electrons. The average molecular weight is 186 g/mol. The molecule has 13 heavy (non-hydrogen) atoms. The van der Waals surface area contributed by atoms with E-state index >= 15 is 0 Å². The number of rotatable bonds is 5. The number of Topliss-reactive ketones (excluding diaryl/α,β-unsaturated/α-hetero) is 1. The first kappa shape index (κ1) is 12.1. The molecular formula is C10H18O3. The van der Waals surface area contributed by atoms with E-state index in [0.717, 1.165) is 0 Å². The van der Waals surface area contributed by atoms with E-state index in [1.165, 1.54) is 7.11 Å². The van der Waals surface area contributed by atoms with Gasteiger partial charge in [0.05, 0.1) is 13.0 Å². The molecule has 0 fully saturated rings. The van der Waals surface area contributed by atoms with Gasteiger partial charge in [-0.05, 0) is 6.42 Å². The Labute approximate surface area is 79.5 Å². The number of carbonyl (C=O) groups excluding carboxylic acids is 2. The Morgan fingerprint density at radius 1 is 1.23 bits per heavy atom. The molecule has 0 spiro atoms. The first-order valence-corrected chi connectivity index (χ1v) is 4.59. The Kier molecular flexibility index (Phi) is 5.35. The summed E-state index contributed by atoms with van der Waals surface area (Å²) in [6.07, 6.45) is 1.05. The number of hydrogen-bond donors (Lipinski definition) is 0. The van der Waals surface area contributed by atoms with E-state index in [1.54, 1.807) is 6.92 Å². The second kappa shape index (κ2) is 5.73. The van der Waals surface area contributed by atoms with Crippen LogP contribution in [0.5, 0.6) is 0 Å². The van der Waals surface area contributed by atoms with E-state index in [0.29, 0.717) is 12.8 Å². The molecule has 3 heteroatoms. The Hall–Kier alpha value is -0.860. The summed E-state index contributed by atoms with van der Waals surface area (Å²) in [6.45, 7) is 5.51. The normalized spacial score (nSPS) is 12.7. The van der Waals surface area contributed by atoms with Gasteiger partial charge in [-0.3, -0.25) is 9.59 Å². The molecule has 1 atom stereocenters. The van der Waals surface area contributed by atoms with Crippen molar-refractivity contribution >= 4 is 11.8 Å². The highest BCUT2D eigenvalue weighted by Gasteiger charge is 2.15. The fourth-order valence-electron chi connectivity index (χ4n) is 0.966. The monoisotopic (exact) mass is 186 g/mol. The lowest BCUT2D eigenvalue weighted by atomic mass is 9.99. The number of ketones is 1. The van der Waals surface area contributed by atoms with Crippen molar-refractivity contribution < 1.29 is 14.3 Å². The van der Waals surface area contributed by atoms with Gasteiger partial charge in [-0.2, -0.15) is 0 Å². The molecule has 0 aromatic carbocycles. The van der Waals surface area contributed by atoms with Gasteiger partial charge >= 0.3 is 5.97 Å². The van der Waals surface area contributed by atoms with E-state index in [-0.39, 0.29) is 23.6 Å². The third-order valence-corrected chi connectivity index (χ3v) is 2.07. The van der Waals surface area contributed by atoms with Crippen LogP contribution in [-0.4, -0.2) is 18.9 Å². The van der Waals surface area contributed by atoms with Crippen LogP contribution in [0.3, 0.4) is 0 Å². The summed E-state index contributed by atoms with van der Waals surface area (Å²) in [5, 5.41) is 0. The van der Waals surface area contributed by atoms with E-state index in [4.69, 9.17) is 0 Å². The summed E-state index contributed by atoms with van der Waals surface area (Å²) in [5.41, 5.74) is 0. The smallest absolute Gasteiger partial charge is 0.308 e. The Bertz CT molecular complexity index is 185. The lowest BCUT2D eigenvalue weighted by molar-refractivity contribution is -0.145. The van der Waals surface area contributed by atoms with Crippen LogP contribution in [-0.2, 0) is 14.3 Å². The number of esters is 1. The van der Waals surface area contributed by atoms with Crippen molar-refractivity contribution in [2.45, 2.75) is 33.6 Å². The predicted octanol–water partition coefficient (Wildman–Crippen LogP) is 1.80. The van der Waals surface area contributed by atoms with Crippen LogP contribution in [0.15, 0.2) is 0 Å². The second-order valence-corrected chi connectivity index (χ2v) is 3.58. The van der Waals surface area contributed by atoms with Gasteiger partial charge in [-0.25, -0.2) is 0 Å². The number of ether oxygens (including phenoxy) is 1. The quantitative estimate of drug-likeness (QED) is 0.615. The fourth-order valence-corrected chi connectivity index (χ4v) is 0.966. The van der Waals surface area contributed by atoms with Crippen LogP contribution in [0, 0.1) is 11.8 Å². The van der Waals surface area contributed by atoms with Crippen molar-refractivity contribution in [1.82, 2.24) is 0 Å². The SMILES string of the molecule is COC(=O)C(C)CCC(=O)C(C)C. The van der Waals surface area contributed by atoms with Gasteiger partial charge in [0.25, 0.3) is 0 Å². The summed E-state index contributed by atoms with van der Waals surface area (Å²) in [6, 6.07) is 0. The maximum atomic E-state index is 11.2. The van der Waals surface area contributed by atoms with Gasteiger partial charge in [0.1, 0.15) is 5.78 Å². The Balaban J connectivity index is 3.76. The van der Waals surface area contributed by atoms with Crippen LogP contribution in [0.1, 0.15) is 33.6 Å². The van der Waals surface area contributed by atoms with Crippen molar-refractivity contribution in [2.24, 2.45) is 11.8 Å². The van der Waals surface area contributed by atoms with Crippen molar-refractivity contribution in [3.8, 4) is 0 Å². The van der Waals surface area contributed by atoms with E-state index in [1.807, 2.05) is 13.8 Å². The summed E-state index contributed by atoms with van der Waals surface area (Å²) in [7, 11) is 1.36. The molecule has 0 saturated carbocycles. The lowest BCUT2D eigenvalue weighted by Gasteiger charge is -2.09. The molecule has 0 aliphatic heterocycles. The molecule has 0 rings (SSSR count). The van der Waals surface area contributed by atoms with Crippen LogP contribution in [0.2, 0.25) is 0 Å². The van der Waals surface area contributed by atoms with Crippen molar-refractivity contribution in [3.05, 3.63) is 0 Å². The number of carbonyl (C=O) groups is 2. The molecule has 76 valence electrons. The predicted molar refractivity (Wildman–Crippen MR) is 50.3 cm³/mol. The third-order valence-electron chi connectivity index (χ3n) is 2.07. The first-order valence-electron chi connectivity index (χ1n) is 4.59. The molecule has 0 heterocycles. The van der Waals surface area contributed by atoms with Crippen LogP contribution >= 0.6 is 0 Å². The summed E-state index contributed by atoms with van der Waals surface area (Å²) in [4.78, 5) is 22.2. The highest BCUT2D eigenvalue weighted by atomic mass is 16.5. The van der Waals surface area contributed by atoms with Crippen molar-refractivity contribution in [1.29, 1.82) is 0 Å². The summed E-state index contributed by atoms with van der Waals surface area (Å²) < 4.78 is 4.55. The molecule has 1 unspecified atom stereocenters. The van der Waals surface area contributed by atoms with Crippen LogP contribution < -0.4 is 0 Å². The molecule has 0 aliphatic rings. The highest BCUT2D eigenvalue weighted by Crippen LogP contribution is 2.10. The van der Waals surface area contributed by atoms with Gasteiger partial charge in [0.2, 0.25) is 0 Å². The topological polar surface area (TPSA) is 43.4 Å². The van der Waals surface area contributed by atoms with E-state index in [2.05, 4.69) is 4.74 Å². The highest BCUT2D eigenvalue weighted by molar-refractivity contribution is 5.81. The lowest BCUT2D eigenvalue weighted by Crippen LogP contribution is -2.15. The summed E-state index contributed by atoms with van der Waals surface area (Å²) in [5.74, 6) is -0.148. The first-order chi connectivity index (χ1) is 5.99. The zero-order valence-electron chi connectivity index (χ0n) is 8.79. The average Bonchev–Trinajstić information content (AvgIpc) is 2.11. The maximum absolute atomic E-state index is 11.2. The molecule has 0 N–H and O–H groups in total.